The van der Waals surface area contributed by atoms with Gasteiger partial charge in [-0.15, -0.1) is 0 Å². The Morgan fingerprint density at radius 3 is 2.44 bits per heavy atom. The molecule has 2 aliphatic rings. The lowest BCUT2D eigenvalue weighted by molar-refractivity contribution is -0.187. The topological polar surface area (TPSA) is 94.0 Å². The summed E-state index contributed by atoms with van der Waals surface area (Å²) in [7, 11) is -1.65. The molecule has 0 atom stereocenters. The van der Waals surface area contributed by atoms with Crippen LogP contribution < -0.4 is 0 Å². The number of aryl methyl sites for hydroxylation is 2. The zero-order valence-electron chi connectivity index (χ0n) is 19.0. The number of hydrogen-bond acceptors (Lipinski definition) is 6. The number of sulfonamides is 1. The highest BCUT2D eigenvalue weighted by molar-refractivity contribution is 7.89. The van der Waals surface area contributed by atoms with Gasteiger partial charge in [-0.1, -0.05) is 13.8 Å². The van der Waals surface area contributed by atoms with Crippen LogP contribution in [0.5, 0.6) is 0 Å². The fourth-order valence-corrected chi connectivity index (χ4v) is 6.06. The molecule has 32 heavy (non-hydrogen) atoms. The van der Waals surface area contributed by atoms with E-state index in [1.54, 1.807) is 18.2 Å². The highest BCUT2D eigenvalue weighted by atomic mass is 32.2. The van der Waals surface area contributed by atoms with E-state index in [1.165, 1.54) is 4.31 Å². The lowest BCUT2D eigenvalue weighted by Crippen LogP contribution is -2.47. The molecular formula is C22H32N4O5S. The van der Waals surface area contributed by atoms with Crippen LogP contribution in [-0.2, 0) is 37.8 Å². The fraction of sp³-hybridized carbons (Fsp3) is 0.636. The molecule has 1 amide bonds. The second-order valence-electron chi connectivity index (χ2n) is 8.32. The Balaban J connectivity index is 1.43. The first-order valence-electron chi connectivity index (χ1n) is 11.3. The van der Waals surface area contributed by atoms with Gasteiger partial charge in [0.25, 0.3) is 0 Å². The molecule has 9 nitrogen and oxygen atoms in total. The molecule has 0 radical (unpaired) electrons. The molecule has 0 saturated carbocycles. The molecule has 0 unspecified atom stereocenters. The predicted octanol–water partition coefficient (Wildman–Crippen LogP) is 1.90. The predicted molar refractivity (Wildman–Crippen MR) is 120 cm³/mol. The van der Waals surface area contributed by atoms with Crippen LogP contribution >= 0.6 is 0 Å². The van der Waals surface area contributed by atoms with Gasteiger partial charge in [0.05, 0.1) is 29.1 Å². The molecule has 1 aromatic carbocycles. The van der Waals surface area contributed by atoms with E-state index in [-0.39, 0.29) is 10.8 Å². The monoisotopic (exact) mass is 464 g/mol. The maximum absolute atomic E-state index is 12.8. The maximum Gasteiger partial charge on any atom is 0.243 e. The molecule has 4 rings (SSSR count). The maximum atomic E-state index is 12.8. The summed E-state index contributed by atoms with van der Waals surface area (Å²) in [6.07, 6.45) is 2.26. The van der Waals surface area contributed by atoms with Crippen molar-refractivity contribution < 1.29 is 22.7 Å². The van der Waals surface area contributed by atoms with E-state index in [4.69, 9.17) is 9.47 Å². The number of carbonyl (C=O) groups is 1. The third kappa shape index (κ3) is 4.28. The Hall–Kier alpha value is -2.01. The first-order valence-corrected chi connectivity index (χ1v) is 12.7. The highest BCUT2D eigenvalue weighted by Crippen LogP contribution is 2.31. The number of benzene rings is 1. The summed E-state index contributed by atoms with van der Waals surface area (Å²) in [5.41, 5.74) is 1.47. The Morgan fingerprint density at radius 1 is 1.16 bits per heavy atom. The van der Waals surface area contributed by atoms with E-state index in [0.29, 0.717) is 70.6 Å². The van der Waals surface area contributed by atoms with E-state index >= 15 is 0 Å². The minimum atomic E-state index is -3.54. The van der Waals surface area contributed by atoms with Crippen LogP contribution in [0.2, 0.25) is 0 Å². The van der Waals surface area contributed by atoms with E-state index in [0.717, 1.165) is 11.3 Å². The second-order valence-corrected chi connectivity index (χ2v) is 10.3. The molecule has 10 heteroatoms. The minimum absolute atomic E-state index is 0.0923. The van der Waals surface area contributed by atoms with Gasteiger partial charge in [-0.25, -0.2) is 13.4 Å². The van der Waals surface area contributed by atoms with Crippen LogP contribution in [0.1, 0.15) is 38.9 Å². The molecule has 176 valence electrons. The van der Waals surface area contributed by atoms with Crippen molar-refractivity contribution in [1.82, 2.24) is 18.8 Å². The lowest BCUT2D eigenvalue weighted by atomic mass is 10.0. The van der Waals surface area contributed by atoms with Crippen molar-refractivity contribution in [2.45, 2.75) is 50.2 Å². The molecule has 0 bridgehead atoms. The standard InChI is InChI=1S/C22H32N4O5S/c1-4-26(5-2)32(28,29)17-6-7-19-18(16-17)23-20(24(19)3)8-9-21(27)25-12-10-22(11-13-25)30-14-15-31-22/h6-7,16H,4-5,8-15H2,1-3H3. The summed E-state index contributed by atoms with van der Waals surface area (Å²) >= 11 is 0. The van der Waals surface area contributed by atoms with Crippen LogP contribution in [0.4, 0.5) is 0 Å². The second kappa shape index (κ2) is 9.09. The Bertz CT molecular complexity index is 1080. The number of amides is 1. The summed E-state index contributed by atoms with van der Waals surface area (Å²) in [5, 5.41) is 0. The van der Waals surface area contributed by atoms with E-state index in [2.05, 4.69) is 4.98 Å². The van der Waals surface area contributed by atoms with Gasteiger partial charge in [-0.3, -0.25) is 4.79 Å². The van der Waals surface area contributed by atoms with Crippen molar-refractivity contribution in [3.63, 3.8) is 0 Å². The molecule has 2 fully saturated rings. The van der Waals surface area contributed by atoms with Crippen LogP contribution in [0.15, 0.2) is 23.1 Å². The van der Waals surface area contributed by atoms with Gasteiger partial charge < -0.3 is 18.9 Å². The number of hydrogen-bond donors (Lipinski definition) is 0. The average molecular weight is 465 g/mol. The molecule has 1 aromatic heterocycles. The van der Waals surface area contributed by atoms with Crippen LogP contribution in [0.25, 0.3) is 11.0 Å². The first kappa shape index (κ1) is 23.2. The number of fused-ring (bicyclic) bond motifs is 1. The molecular weight excluding hydrogens is 432 g/mol. The summed E-state index contributed by atoms with van der Waals surface area (Å²) in [4.78, 5) is 19.5. The Morgan fingerprint density at radius 2 is 1.81 bits per heavy atom. The number of likely N-dealkylation sites (tertiary alicyclic amines) is 1. The SMILES string of the molecule is CCN(CC)S(=O)(=O)c1ccc2c(c1)nc(CCC(=O)N1CCC3(CC1)OCCO3)n2C. The molecule has 0 aliphatic carbocycles. The van der Waals surface area contributed by atoms with Gasteiger partial charge in [0, 0.05) is 58.9 Å². The van der Waals surface area contributed by atoms with Crippen molar-refractivity contribution in [2.24, 2.45) is 7.05 Å². The third-order valence-electron chi connectivity index (χ3n) is 6.54. The number of ether oxygens (including phenoxy) is 2. The van der Waals surface area contributed by atoms with Gasteiger partial charge >= 0.3 is 0 Å². The average Bonchev–Trinajstić information content (AvgIpc) is 3.37. The molecule has 3 heterocycles. The normalized spacial score (nSPS) is 18.8. The van der Waals surface area contributed by atoms with E-state index in [1.807, 2.05) is 30.4 Å². The molecule has 1 spiro atoms. The Kier molecular flexibility index (Phi) is 6.58. The Labute approximate surface area is 189 Å². The van der Waals surface area contributed by atoms with Gasteiger partial charge in [0.2, 0.25) is 15.9 Å². The van der Waals surface area contributed by atoms with E-state index < -0.39 is 15.8 Å². The third-order valence-corrected chi connectivity index (χ3v) is 8.59. The molecule has 0 N–H and O–H groups in total. The van der Waals surface area contributed by atoms with Gasteiger partial charge in [-0.2, -0.15) is 4.31 Å². The number of piperidine rings is 1. The van der Waals surface area contributed by atoms with Gasteiger partial charge in [0.15, 0.2) is 5.79 Å². The number of imidazole rings is 1. The zero-order valence-corrected chi connectivity index (χ0v) is 19.9. The van der Waals surface area contributed by atoms with Crippen molar-refractivity contribution >= 4 is 27.0 Å². The van der Waals surface area contributed by atoms with Crippen molar-refractivity contribution in [2.75, 3.05) is 39.4 Å². The highest BCUT2D eigenvalue weighted by Gasteiger charge is 2.40. The number of aromatic nitrogens is 2. The largest absolute Gasteiger partial charge is 0.347 e. The molecule has 2 aliphatic heterocycles. The lowest BCUT2D eigenvalue weighted by Gasteiger charge is -2.37. The first-order chi connectivity index (χ1) is 15.3. The fourth-order valence-electron chi connectivity index (χ4n) is 4.59. The van der Waals surface area contributed by atoms with Crippen LogP contribution in [-0.4, -0.2) is 78.3 Å². The number of rotatable bonds is 7. The minimum Gasteiger partial charge on any atom is -0.347 e. The van der Waals surface area contributed by atoms with Gasteiger partial charge in [0.1, 0.15) is 5.82 Å². The van der Waals surface area contributed by atoms with E-state index in [9.17, 15) is 13.2 Å². The quantitative estimate of drug-likeness (QED) is 0.621. The molecule has 2 saturated heterocycles. The van der Waals surface area contributed by atoms with Crippen molar-refractivity contribution in [3.8, 4) is 0 Å². The number of carbonyl (C=O) groups excluding carboxylic acids is 1. The smallest absolute Gasteiger partial charge is 0.243 e. The zero-order chi connectivity index (χ0) is 22.9. The van der Waals surface area contributed by atoms with Crippen LogP contribution in [0.3, 0.4) is 0 Å². The van der Waals surface area contributed by atoms with Crippen molar-refractivity contribution in [3.05, 3.63) is 24.0 Å². The summed E-state index contributed by atoms with van der Waals surface area (Å²) in [6, 6.07) is 5.04. The van der Waals surface area contributed by atoms with Gasteiger partial charge in [-0.05, 0) is 18.2 Å². The summed E-state index contributed by atoms with van der Waals surface area (Å²) in [5.74, 6) is 0.369. The molecule has 2 aromatic rings. The van der Waals surface area contributed by atoms with Crippen molar-refractivity contribution in [1.29, 1.82) is 0 Å². The summed E-state index contributed by atoms with van der Waals surface area (Å²) in [6.45, 7) is 7.00. The number of nitrogens with zero attached hydrogens (tertiary/aromatic N) is 4. The van der Waals surface area contributed by atoms with Crippen LogP contribution in [0, 0.1) is 0 Å². The summed E-state index contributed by atoms with van der Waals surface area (Å²) < 4.78 is 40.5.